The van der Waals surface area contributed by atoms with Gasteiger partial charge >= 0.3 is 7.60 Å². The molecule has 0 heterocycles. The highest BCUT2D eigenvalue weighted by Gasteiger charge is 2.42. The minimum Gasteiger partial charge on any atom is -0.368 e. The van der Waals surface area contributed by atoms with E-state index in [1.54, 1.807) is 0 Å². The molecule has 2 aromatic carbocycles. The third-order valence-electron chi connectivity index (χ3n) is 6.28. The summed E-state index contributed by atoms with van der Waals surface area (Å²) in [5, 5.41) is 4.13. The Morgan fingerprint density at radius 1 is 0.774 bits per heavy atom. The third kappa shape index (κ3) is 6.35. The molecule has 0 unspecified atom stereocenters. The van der Waals surface area contributed by atoms with Crippen LogP contribution >= 0.6 is 19.2 Å². The highest BCUT2D eigenvalue weighted by atomic mass is 35.5. The molecule has 1 N–H and O–H groups in total. The smallest absolute Gasteiger partial charge is 0.357 e. The largest absolute Gasteiger partial charge is 0.368 e. The average molecular weight is 462 g/mol. The Morgan fingerprint density at radius 2 is 1.29 bits per heavy atom. The van der Waals surface area contributed by atoms with Crippen molar-refractivity contribution < 1.29 is 13.6 Å². The first-order valence-corrected chi connectivity index (χ1v) is 13.6. The predicted molar refractivity (Wildman–Crippen MR) is 128 cm³/mol. The number of halogens is 1. The number of anilines is 1. The number of hydrogen-bond donors (Lipinski definition) is 1. The molecule has 0 saturated heterocycles. The molecule has 0 spiro atoms. The van der Waals surface area contributed by atoms with Gasteiger partial charge in [-0.2, -0.15) is 0 Å². The molecule has 4 rings (SSSR count). The molecule has 31 heavy (non-hydrogen) atoms. The maximum Gasteiger partial charge on any atom is 0.357 e. The first-order valence-electron chi connectivity index (χ1n) is 11.7. The summed E-state index contributed by atoms with van der Waals surface area (Å²) in [5.41, 5.74) is 1.75. The summed E-state index contributed by atoms with van der Waals surface area (Å²) < 4.78 is 27.5. The van der Waals surface area contributed by atoms with Crippen molar-refractivity contribution >= 4 is 24.9 Å². The van der Waals surface area contributed by atoms with E-state index in [0.29, 0.717) is 5.02 Å². The van der Waals surface area contributed by atoms with Crippen molar-refractivity contribution in [3.63, 3.8) is 0 Å². The minimum atomic E-state index is -3.52. The monoisotopic (exact) mass is 461 g/mol. The Labute approximate surface area is 191 Å². The summed E-state index contributed by atoms with van der Waals surface area (Å²) in [6.07, 6.45) is 10.6. The average Bonchev–Trinajstić information content (AvgIpc) is 2.80. The zero-order valence-corrected chi connectivity index (χ0v) is 19.7. The summed E-state index contributed by atoms with van der Waals surface area (Å²) >= 11 is 6.15. The van der Waals surface area contributed by atoms with Crippen molar-refractivity contribution in [2.75, 3.05) is 5.32 Å². The van der Waals surface area contributed by atoms with E-state index < -0.39 is 13.4 Å². The second-order valence-corrected chi connectivity index (χ2v) is 11.2. The van der Waals surface area contributed by atoms with Gasteiger partial charge in [-0.15, -0.1) is 0 Å². The highest BCUT2D eigenvalue weighted by Crippen LogP contribution is 2.64. The van der Waals surface area contributed by atoms with Crippen LogP contribution in [0.5, 0.6) is 0 Å². The molecule has 2 aromatic rings. The van der Waals surface area contributed by atoms with E-state index in [-0.39, 0.29) is 12.2 Å². The quantitative estimate of drug-likeness (QED) is 0.401. The molecule has 0 bridgehead atoms. The SMILES string of the molecule is O=P(OC1CCCCC1)(OC1CCCCC1)[C@H](Nc1ccccc1)c1ccc(Cl)cc1. The Bertz CT molecular complexity index is 825. The molecule has 0 aromatic heterocycles. The van der Waals surface area contributed by atoms with Gasteiger partial charge in [-0.3, -0.25) is 4.57 Å². The topological polar surface area (TPSA) is 47.6 Å². The van der Waals surface area contributed by atoms with Crippen molar-refractivity contribution in [3.8, 4) is 0 Å². The van der Waals surface area contributed by atoms with Gasteiger partial charge in [0.1, 0.15) is 0 Å². The van der Waals surface area contributed by atoms with Crippen molar-refractivity contribution in [1.82, 2.24) is 0 Å². The molecular formula is C25H33ClNO3P. The lowest BCUT2D eigenvalue weighted by molar-refractivity contribution is 0.0758. The molecule has 0 amide bonds. The zero-order valence-electron chi connectivity index (χ0n) is 18.0. The van der Waals surface area contributed by atoms with Crippen molar-refractivity contribution in [2.45, 2.75) is 82.2 Å². The Hall–Kier alpha value is -1.32. The lowest BCUT2D eigenvalue weighted by Crippen LogP contribution is -2.25. The fourth-order valence-corrected chi connectivity index (χ4v) is 7.10. The van der Waals surface area contributed by atoms with Crippen LogP contribution in [0.1, 0.15) is 75.6 Å². The minimum absolute atomic E-state index is 0.0180. The molecular weight excluding hydrogens is 429 g/mol. The molecule has 0 radical (unpaired) electrons. The lowest BCUT2D eigenvalue weighted by Gasteiger charge is -2.36. The summed E-state index contributed by atoms with van der Waals surface area (Å²) in [6.45, 7) is 0. The van der Waals surface area contributed by atoms with Gasteiger partial charge in [0.2, 0.25) is 0 Å². The van der Waals surface area contributed by atoms with Crippen LogP contribution in [-0.4, -0.2) is 12.2 Å². The number of rotatable bonds is 8. The van der Waals surface area contributed by atoms with Crippen LogP contribution in [-0.2, 0) is 13.6 Å². The van der Waals surface area contributed by atoms with Gasteiger partial charge in [0.05, 0.1) is 12.2 Å². The summed E-state index contributed by atoms with van der Waals surface area (Å²) in [4.78, 5) is 0. The van der Waals surface area contributed by atoms with Crippen LogP contribution < -0.4 is 5.32 Å². The summed E-state index contributed by atoms with van der Waals surface area (Å²) in [6, 6.07) is 17.4. The van der Waals surface area contributed by atoms with Gasteiger partial charge in [0.25, 0.3) is 0 Å². The summed E-state index contributed by atoms with van der Waals surface area (Å²) in [5.74, 6) is -0.587. The second kappa shape index (κ2) is 11.0. The van der Waals surface area contributed by atoms with Gasteiger partial charge in [-0.1, -0.05) is 80.5 Å². The zero-order chi connectivity index (χ0) is 21.5. The molecule has 2 fully saturated rings. The van der Waals surface area contributed by atoms with Gasteiger partial charge in [0.15, 0.2) is 5.78 Å². The van der Waals surface area contributed by atoms with Crippen LogP contribution in [0.3, 0.4) is 0 Å². The van der Waals surface area contributed by atoms with Crippen LogP contribution in [0, 0.1) is 0 Å². The highest BCUT2D eigenvalue weighted by molar-refractivity contribution is 7.54. The lowest BCUT2D eigenvalue weighted by atomic mass is 9.98. The predicted octanol–water partition coefficient (Wildman–Crippen LogP) is 8.34. The maximum absolute atomic E-state index is 14.6. The van der Waals surface area contributed by atoms with Gasteiger partial charge in [-0.05, 0) is 55.5 Å². The van der Waals surface area contributed by atoms with Crippen molar-refractivity contribution in [1.29, 1.82) is 0 Å². The molecule has 2 aliphatic carbocycles. The Morgan fingerprint density at radius 3 is 1.81 bits per heavy atom. The fraction of sp³-hybridized carbons (Fsp3) is 0.520. The molecule has 4 nitrogen and oxygen atoms in total. The molecule has 168 valence electrons. The van der Waals surface area contributed by atoms with Gasteiger partial charge in [-0.25, -0.2) is 0 Å². The van der Waals surface area contributed by atoms with Crippen molar-refractivity contribution in [3.05, 3.63) is 65.2 Å². The summed E-state index contributed by atoms with van der Waals surface area (Å²) in [7, 11) is -3.52. The van der Waals surface area contributed by atoms with Gasteiger partial charge in [0, 0.05) is 10.7 Å². The van der Waals surface area contributed by atoms with E-state index in [1.165, 1.54) is 12.8 Å². The van der Waals surface area contributed by atoms with E-state index in [9.17, 15) is 4.57 Å². The fourth-order valence-electron chi connectivity index (χ4n) is 4.59. The Balaban J connectivity index is 1.67. The van der Waals surface area contributed by atoms with E-state index in [1.807, 2.05) is 54.6 Å². The van der Waals surface area contributed by atoms with Crippen LogP contribution in [0.25, 0.3) is 0 Å². The molecule has 0 aliphatic heterocycles. The van der Waals surface area contributed by atoms with Crippen LogP contribution in [0.2, 0.25) is 5.02 Å². The Kier molecular flexibility index (Phi) is 8.12. The number of para-hydroxylation sites is 1. The molecule has 2 aliphatic rings. The maximum atomic E-state index is 14.6. The molecule has 6 heteroatoms. The van der Waals surface area contributed by atoms with E-state index >= 15 is 0 Å². The van der Waals surface area contributed by atoms with E-state index in [2.05, 4.69) is 5.32 Å². The number of benzene rings is 2. The third-order valence-corrected chi connectivity index (χ3v) is 8.77. The number of nitrogens with one attached hydrogen (secondary N) is 1. The number of hydrogen-bond acceptors (Lipinski definition) is 4. The van der Waals surface area contributed by atoms with Crippen molar-refractivity contribution in [2.24, 2.45) is 0 Å². The van der Waals surface area contributed by atoms with Crippen LogP contribution in [0.15, 0.2) is 54.6 Å². The standard InChI is InChI=1S/C25H33ClNO3P/c26-21-18-16-20(17-19-21)25(27-22-10-4-1-5-11-22)31(28,29-23-12-6-2-7-13-23)30-24-14-8-3-9-15-24/h1,4-5,10-11,16-19,23-25,27H,2-3,6-9,12-15H2/t25-/m0/s1. The van der Waals surface area contributed by atoms with Gasteiger partial charge < -0.3 is 14.4 Å². The first-order chi connectivity index (χ1) is 15.1. The van der Waals surface area contributed by atoms with E-state index in [0.717, 1.165) is 62.6 Å². The molecule has 2 saturated carbocycles. The second-order valence-electron chi connectivity index (χ2n) is 8.74. The normalized spacial score (nSPS) is 19.8. The first kappa shape index (κ1) is 22.9. The molecule has 1 atom stereocenters. The van der Waals surface area contributed by atoms with E-state index in [4.69, 9.17) is 20.6 Å². The van der Waals surface area contributed by atoms with Crippen LogP contribution in [0.4, 0.5) is 5.69 Å².